The first-order valence-corrected chi connectivity index (χ1v) is 7.08. The zero-order chi connectivity index (χ0) is 12.9. The number of carboxylic acids is 1. The Morgan fingerprint density at radius 2 is 2.12 bits per heavy atom. The van der Waals surface area contributed by atoms with E-state index in [9.17, 15) is 9.59 Å². The van der Waals surface area contributed by atoms with Crippen LogP contribution in [0.3, 0.4) is 0 Å². The van der Waals surface area contributed by atoms with Gasteiger partial charge < -0.3 is 15.7 Å². The van der Waals surface area contributed by atoms with Crippen LogP contribution in [0.4, 0.5) is 4.79 Å². The second kappa shape index (κ2) is 6.14. The van der Waals surface area contributed by atoms with E-state index in [1.807, 2.05) is 13.2 Å². The lowest BCUT2D eigenvalue weighted by Gasteiger charge is -2.17. The maximum atomic E-state index is 11.5. The maximum Gasteiger partial charge on any atom is 0.326 e. The van der Waals surface area contributed by atoms with Crippen molar-refractivity contribution in [1.82, 2.24) is 10.6 Å². The largest absolute Gasteiger partial charge is 0.480 e. The quantitative estimate of drug-likeness (QED) is 0.647. The minimum Gasteiger partial charge on any atom is -0.480 e. The molecular formula is C11H20N2O3S. The van der Waals surface area contributed by atoms with Crippen molar-refractivity contribution in [3.8, 4) is 0 Å². The average Bonchev–Trinajstić information content (AvgIpc) is 3.06. The van der Waals surface area contributed by atoms with Crippen molar-refractivity contribution in [1.29, 1.82) is 0 Å². The van der Waals surface area contributed by atoms with E-state index < -0.39 is 12.0 Å². The molecule has 0 aromatic rings. The van der Waals surface area contributed by atoms with Gasteiger partial charge in [0.15, 0.2) is 0 Å². The lowest BCUT2D eigenvalue weighted by Crippen LogP contribution is -2.47. The van der Waals surface area contributed by atoms with Crippen LogP contribution in [0.1, 0.15) is 32.6 Å². The van der Waals surface area contributed by atoms with E-state index in [1.165, 1.54) is 0 Å². The molecular weight excluding hydrogens is 240 g/mol. The molecule has 3 N–H and O–H groups in total. The fraction of sp³-hybridized carbons (Fsp3) is 0.818. The summed E-state index contributed by atoms with van der Waals surface area (Å²) in [7, 11) is 0. The minimum absolute atomic E-state index is 0.195. The van der Waals surface area contributed by atoms with E-state index in [1.54, 1.807) is 11.8 Å². The van der Waals surface area contributed by atoms with Crippen LogP contribution in [0, 0.1) is 0 Å². The molecule has 6 heteroatoms. The lowest BCUT2D eigenvalue weighted by molar-refractivity contribution is -0.139. The van der Waals surface area contributed by atoms with Crippen LogP contribution in [0.25, 0.3) is 0 Å². The smallest absolute Gasteiger partial charge is 0.326 e. The van der Waals surface area contributed by atoms with Crippen LogP contribution in [-0.4, -0.2) is 40.7 Å². The van der Waals surface area contributed by atoms with Gasteiger partial charge in [-0.1, -0.05) is 13.3 Å². The van der Waals surface area contributed by atoms with E-state index in [0.717, 1.165) is 19.3 Å². The Balaban J connectivity index is 2.29. The van der Waals surface area contributed by atoms with Crippen molar-refractivity contribution in [2.45, 2.75) is 43.4 Å². The normalized spacial score (nSPS) is 18.2. The van der Waals surface area contributed by atoms with Gasteiger partial charge in [0.1, 0.15) is 6.04 Å². The number of hydrogen-bond acceptors (Lipinski definition) is 3. The molecule has 0 aliphatic heterocycles. The number of carbonyl (C=O) groups is 2. The van der Waals surface area contributed by atoms with Crippen LogP contribution in [0.15, 0.2) is 0 Å². The molecule has 98 valence electrons. The number of amides is 2. The highest BCUT2D eigenvalue weighted by molar-refractivity contribution is 8.00. The average molecular weight is 260 g/mol. The molecule has 0 heterocycles. The number of carbonyl (C=O) groups excluding carboxylic acids is 1. The molecule has 1 rings (SSSR count). The van der Waals surface area contributed by atoms with Crippen LogP contribution in [0.2, 0.25) is 0 Å². The lowest BCUT2D eigenvalue weighted by atomic mass is 10.2. The minimum atomic E-state index is -0.979. The van der Waals surface area contributed by atoms with Crippen molar-refractivity contribution in [2.75, 3.05) is 12.8 Å². The topological polar surface area (TPSA) is 78.4 Å². The van der Waals surface area contributed by atoms with Crippen molar-refractivity contribution >= 4 is 23.8 Å². The Kier molecular flexibility index (Phi) is 5.11. The van der Waals surface area contributed by atoms with Gasteiger partial charge in [-0.2, -0.15) is 11.8 Å². The predicted molar refractivity (Wildman–Crippen MR) is 68.3 cm³/mol. The summed E-state index contributed by atoms with van der Waals surface area (Å²) in [6.07, 6.45) is 5.45. The third-order valence-electron chi connectivity index (χ3n) is 2.99. The molecule has 1 atom stereocenters. The van der Waals surface area contributed by atoms with Gasteiger partial charge in [0, 0.05) is 11.3 Å². The Morgan fingerprint density at radius 1 is 1.47 bits per heavy atom. The first kappa shape index (κ1) is 14.2. The molecule has 1 aliphatic carbocycles. The van der Waals surface area contributed by atoms with E-state index in [-0.39, 0.29) is 10.8 Å². The summed E-state index contributed by atoms with van der Waals surface area (Å²) in [5, 5.41) is 14.1. The van der Waals surface area contributed by atoms with Gasteiger partial charge >= 0.3 is 12.0 Å². The molecule has 0 bridgehead atoms. The third-order valence-corrected chi connectivity index (χ3v) is 4.41. The van der Waals surface area contributed by atoms with Crippen molar-refractivity contribution in [3.05, 3.63) is 0 Å². The van der Waals surface area contributed by atoms with Crippen LogP contribution in [-0.2, 0) is 4.79 Å². The Morgan fingerprint density at radius 3 is 2.53 bits per heavy atom. The van der Waals surface area contributed by atoms with Crippen molar-refractivity contribution in [2.24, 2.45) is 0 Å². The molecule has 0 spiro atoms. The first-order chi connectivity index (χ1) is 8.03. The van der Waals surface area contributed by atoms with Gasteiger partial charge in [0.05, 0.1) is 0 Å². The van der Waals surface area contributed by atoms with Gasteiger partial charge in [-0.05, 0) is 25.5 Å². The summed E-state index contributed by atoms with van der Waals surface area (Å²) < 4.78 is 0.195. The maximum absolute atomic E-state index is 11.5. The number of rotatable bonds is 7. The number of aliphatic carboxylic acids is 1. The summed E-state index contributed by atoms with van der Waals surface area (Å²) in [6, 6.07) is -1.17. The van der Waals surface area contributed by atoms with Gasteiger partial charge in [-0.25, -0.2) is 9.59 Å². The summed E-state index contributed by atoms with van der Waals surface area (Å²) in [5.41, 5.74) is 0. The Hall–Kier alpha value is -0.910. The number of hydrogen-bond donors (Lipinski definition) is 3. The molecule has 2 amide bonds. The van der Waals surface area contributed by atoms with Gasteiger partial charge in [0.25, 0.3) is 0 Å². The fourth-order valence-electron chi connectivity index (χ4n) is 1.59. The molecule has 5 nitrogen and oxygen atoms in total. The highest BCUT2D eigenvalue weighted by Crippen LogP contribution is 2.46. The van der Waals surface area contributed by atoms with E-state index in [4.69, 9.17) is 5.11 Å². The highest BCUT2D eigenvalue weighted by atomic mass is 32.2. The molecule has 1 aliphatic rings. The molecule has 1 saturated carbocycles. The second-order valence-electron chi connectivity index (χ2n) is 4.39. The molecule has 1 fully saturated rings. The van der Waals surface area contributed by atoms with Crippen molar-refractivity contribution < 1.29 is 14.7 Å². The summed E-state index contributed by atoms with van der Waals surface area (Å²) >= 11 is 1.76. The van der Waals surface area contributed by atoms with Crippen LogP contribution in [0.5, 0.6) is 0 Å². The molecule has 17 heavy (non-hydrogen) atoms. The van der Waals surface area contributed by atoms with Crippen molar-refractivity contribution in [3.63, 3.8) is 0 Å². The van der Waals surface area contributed by atoms with Gasteiger partial charge in [-0.15, -0.1) is 0 Å². The number of thioether (sulfide) groups is 1. The number of nitrogens with one attached hydrogen (secondary N) is 2. The summed E-state index contributed by atoms with van der Waals surface area (Å²) in [5.74, 6) is -0.979. The van der Waals surface area contributed by atoms with Crippen LogP contribution < -0.4 is 10.6 Å². The zero-order valence-corrected chi connectivity index (χ0v) is 11.1. The molecule has 0 radical (unpaired) electrons. The Bertz CT molecular complexity index is 292. The van der Waals surface area contributed by atoms with Gasteiger partial charge in [-0.3, -0.25) is 0 Å². The van der Waals surface area contributed by atoms with Gasteiger partial charge in [0.2, 0.25) is 0 Å². The summed E-state index contributed by atoms with van der Waals surface area (Å²) in [6.45, 7) is 2.50. The number of urea groups is 1. The standard InChI is InChI=1S/C11H20N2O3S/c1-3-4-8(9(14)15)13-10(16)12-7-11(17-2)5-6-11/h8H,3-7H2,1-2H3,(H,14,15)(H2,12,13,16)/t8-/m1/s1. The third kappa shape index (κ3) is 4.46. The molecule has 0 saturated heterocycles. The molecule has 0 unspecified atom stereocenters. The number of carboxylic acid groups (broad SMARTS) is 1. The zero-order valence-electron chi connectivity index (χ0n) is 10.3. The molecule has 0 aromatic carbocycles. The highest BCUT2D eigenvalue weighted by Gasteiger charge is 2.42. The predicted octanol–water partition coefficient (Wildman–Crippen LogP) is 1.43. The van der Waals surface area contributed by atoms with E-state index in [0.29, 0.717) is 13.0 Å². The van der Waals surface area contributed by atoms with E-state index >= 15 is 0 Å². The second-order valence-corrected chi connectivity index (χ2v) is 5.67. The van der Waals surface area contributed by atoms with Crippen LogP contribution >= 0.6 is 11.8 Å². The fourth-order valence-corrected chi connectivity index (χ4v) is 2.32. The monoisotopic (exact) mass is 260 g/mol. The SMILES string of the molecule is CCC[C@@H](NC(=O)NCC1(SC)CC1)C(=O)O. The first-order valence-electron chi connectivity index (χ1n) is 5.85. The Labute approximate surface area is 106 Å². The summed E-state index contributed by atoms with van der Waals surface area (Å²) in [4.78, 5) is 22.4. The molecule has 0 aromatic heterocycles. The van der Waals surface area contributed by atoms with E-state index in [2.05, 4.69) is 10.6 Å².